The van der Waals surface area contributed by atoms with Crippen molar-refractivity contribution in [3.05, 3.63) is 34.3 Å². The Labute approximate surface area is 164 Å². The molecule has 25 heavy (non-hydrogen) atoms. The summed E-state index contributed by atoms with van der Waals surface area (Å²) in [5.41, 5.74) is 6.36. The van der Waals surface area contributed by atoms with Gasteiger partial charge in [-0.15, -0.1) is 12.4 Å². The van der Waals surface area contributed by atoms with E-state index in [9.17, 15) is 9.59 Å². The standard InChI is InChI=1S/C17H27BrN4O2.ClH/c1-4-5-14(15(23)21-11-17(2,3)19)22-16(24)20-10-12-6-8-13(18)9-7-12;/h6-9,14H,4-5,10-11,19H2,1-3H3,(H,21,23)(H2,20,22,24);1H. The summed E-state index contributed by atoms with van der Waals surface area (Å²) in [5, 5.41) is 8.27. The minimum Gasteiger partial charge on any atom is -0.352 e. The fourth-order valence-corrected chi connectivity index (χ4v) is 2.25. The van der Waals surface area contributed by atoms with E-state index in [1.54, 1.807) is 0 Å². The van der Waals surface area contributed by atoms with Crippen molar-refractivity contribution in [2.45, 2.75) is 51.7 Å². The third-order valence-corrected chi connectivity index (χ3v) is 3.81. The lowest BCUT2D eigenvalue weighted by atomic mass is 10.1. The van der Waals surface area contributed by atoms with E-state index in [0.717, 1.165) is 16.5 Å². The molecule has 1 unspecified atom stereocenters. The van der Waals surface area contributed by atoms with E-state index in [1.807, 2.05) is 45.0 Å². The van der Waals surface area contributed by atoms with E-state index in [0.29, 0.717) is 19.5 Å². The monoisotopic (exact) mass is 434 g/mol. The number of halogens is 2. The molecular weight excluding hydrogens is 408 g/mol. The van der Waals surface area contributed by atoms with Gasteiger partial charge >= 0.3 is 6.03 Å². The van der Waals surface area contributed by atoms with Gasteiger partial charge in [0.05, 0.1) is 0 Å². The van der Waals surface area contributed by atoms with E-state index < -0.39 is 11.6 Å². The lowest BCUT2D eigenvalue weighted by molar-refractivity contribution is -0.123. The first kappa shape index (κ1) is 23.7. The van der Waals surface area contributed by atoms with Crippen LogP contribution in [0.25, 0.3) is 0 Å². The van der Waals surface area contributed by atoms with Crippen LogP contribution in [0.1, 0.15) is 39.2 Å². The second kappa shape index (κ2) is 11.3. The highest BCUT2D eigenvalue weighted by Crippen LogP contribution is 2.10. The minimum atomic E-state index is -0.567. The summed E-state index contributed by atoms with van der Waals surface area (Å²) < 4.78 is 0.984. The van der Waals surface area contributed by atoms with Crippen molar-refractivity contribution < 1.29 is 9.59 Å². The lowest BCUT2D eigenvalue weighted by Crippen LogP contribution is -2.53. The summed E-state index contributed by atoms with van der Waals surface area (Å²) in [6, 6.07) is 6.74. The van der Waals surface area contributed by atoms with Crippen LogP contribution in [0.15, 0.2) is 28.7 Å². The number of nitrogens with one attached hydrogen (secondary N) is 3. The van der Waals surface area contributed by atoms with Crippen molar-refractivity contribution in [2.75, 3.05) is 6.54 Å². The van der Waals surface area contributed by atoms with E-state index in [-0.39, 0.29) is 24.3 Å². The van der Waals surface area contributed by atoms with Gasteiger partial charge in [-0.2, -0.15) is 0 Å². The molecule has 0 radical (unpaired) electrons. The third-order valence-electron chi connectivity index (χ3n) is 3.28. The zero-order valence-electron chi connectivity index (χ0n) is 14.9. The number of rotatable bonds is 8. The highest BCUT2D eigenvalue weighted by atomic mass is 79.9. The van der Waals surface area contributed by atoms with Crippen molar-refractivity contribution >= 4 is 40.3 Å². The number of amides is 3. The van der Waals surface area contributed by atoms with Gasteiger partial charge in [0.2, 0.25) is 5.91 Å². The first-order valence-corrected chi connectivity index (χ1v) is 8.86. The molecule has 0 aliphatic rings. The maximum Gasteiger partial charge on any atom is 0.315 e. The normalized spacial score (nSPS) is 11.9. The zero-order valence-corrected chi connectivity index (χ0v) is 17.3. The summed E-state index contributed by atoms with van der Waals surface area (Å²) >= 11 is 3.37. The molecule has 142 valence electrons. The maximum absolute atomic E-state index is 12.2. The van der Waals surface area contributed by atoms with E-state index in [1.165, 1.54) is 0 Å². The molecule has 6 nitrogen and oxygen atoms in total. The Morgan fingerprint density at radius 2 is 1.80 bits per heavy atom. The van der Waals surface area contributed by atoms with Gasteiger partial charge in [0, 0.05) is 23.1 Å². The second-order valence-electron chi connectivity index (χ2n) is 6.50. The Kier molecular flexibility index (Phi) is 10.7. The molecule has 0 aliphatic heterocycles. The molecule has 1 aromatic carbocycles. The number of carbonyl (C=O) groups is 2. The molecule has 0 saturated carbocycles. The van der Waals surface area contributed by atoms with Gasteiger partial charge in [0.1, 0.15) is 6.04 Å². The summed E-state index contributed by atoms with van der Waals surface area (Å²) in [7, 11) is 0. The average Bonchev–Trinajstić information content (AvgIpc) is 2.51. The average molecular weight is 436 g/mol. The predicted octanol–water partition coefficient (Wildman–Crippen LogP) is 2.69. The van der Waals surface area contributed by atoms with Crippen molar-refractivity contribution in [1.82, 2.24) is 16.0 Å². The van der Waals surface area contributed by atoms with Gasteiger partial charge in [-0.3, -0.25) is 4.79 Å². The largest absolute Gasteiger partial charge is 0.352 e. The smallest absolute Gasteiger partial charge is 0.315 e. The molecule has 1 atom stereocenters. The van der Waals surface area contributed by atoms with Crippen LogP contribution in [0.4, 0.5) is 4.79 Å². The van der Waals surface area contributed by atoms with E-state index >= 15 is 0 Å². The molecule has 0 spiro atoms. The van der Waals surface area contributed by atoms with Gasteiger partial charge in [-0.1, -0.05) is 41.4 Å². The van der Waals surface area contributed by atoms with Crippen LogP contribution in [0, 0.1) is 0 Å². The van der Waals surface area contributed by atoms with Crippen LogP contribution in [-0.2, 0) is 11.3 Å². The van der Waals surface area contributed by atoms with Crippen molar-refractivity contribution in [3.63, 3.8) is 0 Å². The molecule has 0 aromatic heterocycles. The fourth-order valence-electron chi connectivity index (χ4n) is 1.99. The number of urea groups is 1. The molecule has 5 N–H and O–H groups in total. The van der Waals surface area contributed by atoms with E-state index in [4.69, 9.17) is 5.73 Å². The second-order valence-corrected chi connectivity index (χ2v) is 7.42. The molecule has 1 aromatic rings. The van der Waals surface area contributed by atoms with Crippen LogP contribution in [0.5, 0.6) is 0 Å². The number of hydrogen-bond donors (Lipinski definition) is 4. The fraction of sp³-hybridized carbons (Fsp3) is 0.529. The zero-order chi connectivity index (χ0) is 18.2. The first-order chi connectivity index (χ1) is 11.2. The Hall–Kier alpha value is -1.31. The quantitative estimate of drug-likeness (QED) is 0.505. The lowest BCUT2D eigenvalue weighted by Gasteiger charge is -2.23. The number of nitrogens with two attached hydrogens (primary N) is 1. The van der Waals surface area contributed by atoms with Crippen LogP contribution in [-0.4, -0.2) is 30.1 Å². The summed E-state index contributed by atoms with van der Waals surface area (Å²) in [5.74, 6) is -0.214. The van der Waals surface area contributed by atoms with Crippen molar-refractivity contribution in [2.24, 2.45) is 5.73 Å². The summed E-state index contributed by atoms with van der Waals surface area (Å²) in [4.78, 5) is 24.3. The molecule has 0 saturated heterocycles. The number of hydrogen-bond acceptors (Lipinski definition) is 3. The molecule has 3 amide bonds. The van der Waals surface area contributed by atoms with Crippen molar-refractivity contribution in [1.29, 1.82) is 0 Å². The Morgan fingerprint density at radius 3 is 2.32 bits per heavy atom. The highest BCUT2D eigenvalue weighted by molar-refractivity contribution is 9.10. The predicted molar refractivity (Wildman–Crippen MR) is 107 cm³/mol. The summed E-state index contributed by atoms with van der Waals surface area (Å²) in [6.07, 6.45) is 1.36. The number of carbonyl (C=O) groups excluding carboxylic acids is 2. The van der Waals surface area contributed by atoms with Gasteiger partial charge in [0.15, 0.2) is 0 Å². The van der Waals surface area contributed by atoms with Crippen LogP contribution < -0.4 is 21.7 Å². The maximum atomic E-state index is 12.2. The van der Waals surface area contributed by atoms with Gasteiger partial charge < -0.3 is 21.7 Å². The molecule has 0 heterocycles. The molecule has 0 fully saturated rings. The van der Waals surface area contributed by atoms with E-state index in [2.05, 4.69) is 31.9 Å². The molecule has 0 aliphatic carbocycles. The topological polar surface area (TPSA) is 96.2 Å². The molecular formula is C17H28BrClN4O2. The van der Waals surface area contributed by atoms with Gasteiger partial charge in [-0.05, 0) is 38.0 Å². The molecule has 1 rings (SSSR count). The SMILES string of the molecule is CCCC(NC(=O)NCc1ccc(Br)cc1)C(=O)NCC(C)(C)N.Cl. The Balaban J connectivity index is 0.00000576. The van der Waals surface area contributed by atoms with Crippen molar-refractivity contribution in [3.8, 4) is 0 Å². The number of benzene rings is 1. The van der Waals surface area contributed by atoms with Gasteiger partial charge in [0.25, 0.3) is 0 Å². The first-order valence-electron chi connectivity index (χ1n) is 8.06. The van der Waals surface area contributed by atoms with Crippen LogP contribution in [0.2, 0.25) is 0 Å². The Bertz CT molecular complexity index is 547. The van der Waals surface area contributed by atoms with Crippen LogP contribution in [0.3, 0.4) is 0 Å². The minimum absolute atomic E-state index is 0. The summed E-state index contributed by atoms with van der Waals surface area (Å²) in [6.45, 7) is 6.39. The third kappa shape index (κ3) is 10.3. The molecule has 8 heteroatoms. The highest BCUT2D eigenvalue weighted by Gasteiger charge is 2.21. The van der Waals surface area contributed by atoms with Gasteiger partial charge in [-0.25, -0.2) is 4.79 Å². The van der Waals surface area contributed by atoms with Crippen LogP contribution >= 0.6 is 28.3 Å². The molecule has 0 bridgehead atoms. The Morgan fingerprint density at radius 1 is 1.20 bits per heavy atom.